The molecule has 1 heterocycles. The molecule has 1 saturated heterocycles. The first-order chi connectivity index (χ1) is 8.13. The van der Waals surface area contributed by atoms with Crippen LogP contribution in [0.2, 0.25) is 5.02 Å². The van der Waals surface area contributed by atoms with Crippen LogP contribution < -0.4 is 0 Å². The van der Waals surface area contributed by atoms with Crippen LogP contribution in [0.25, 0.3) is 0 Å². The van der Waals surface area contributed by atoms with Gasteiger partial charge in [0.15, 0.2) is 5.78 Å². The maximum atomic E-state index is 11.7. The first-order valence-corrected chi connectivity index (χ1v) is 6.53. The Morgan fingerprint density at radius 2 is 2.06 bits per heavy atom. The van der Waals surface area contributed by atoms with E-state index in [1.54, 1.807) is 12.1 Å². The van der Waals surface area contributed by atoms with E-state index in [1.807, 2.05) is 12.1 Å². The fourth-order valence-corrected chi connectivity index (χ4v) is 3.30. The van der Waals surface area contributed by atoms with E-state index in [0.717, 1.165) is 5.56 Å². The molecule has 0 radical (unpaired) electrons. The number of esters is 1. The fraction of sp³-hybridized carbons (Fsp3) is 0.333. The van der Waals surface area contributed by atoms with Gasteiger partial charge in [-0.05, 0) is 17.7 Å². The minimum Gasteiger partial charge on any atom is -0.468 e. The van der Waals surface area contributed by atoms with E-state index in [1.165, 1.54) is 18.9 Å². The van der Waals surface area contributed by atoms with Gasteiger partial charge in [-0.25, -0.2) is 0 Å². The van der Waals surface area contributed by atoms with Crippen molar-refractivity contribution in [3.63, 3.8) is 0 Å². The molecule has 1 fully saturated rings. The maximum absolute atomic E-state index is 11.7. The highest BCUT2D eigenvalue weighted by atomic mass is 35.5. The summed E-state index contributed by atoms with van der Waals surface area (Å²) in [4.78, 5) is 23.3. The van der Waals surface area contributed by atoms with Gasteiger partial charge in [-0.15, -0.1) is 11.8 Å². The van der Waals surface area contributed by atoms with Crippen molar-refractivity contribution in [1.29, 1.82) is 0 Å². The summed E-state index contributed by atoms with van der Waals surface area (Å²) in [6, 6.07) is 7.20. The molecule has 0 bridgehead atoms. The van der Waals surface area contributed by atoms with Gasteiger partial charge in [-0.1, -0.05) is 23.7 Å². The molecule has 0 aliphatic carbocycles. The summed E-state index contributed by atoms with van der Waals surface area (Å²) in [5, 5.41) is 0.477. The van der Waals surface area contributed by atoms with Crippen molar-refractivity contribution in [2.45, 2.75) is 5.25 Å². The average Bonchev–Trinajstić information content (AvgIpc) is 2.71. The Morgan fingerprint density at radius 3 is 2.65 bits per heavy atom. The maximum Gasteiger partial charge on any atom is 0.317 e. The lowest BCUT2D eigenvalue weighted by atomic mass is 9.96. The summed E-state index contributed by atoms with van der Waals surface area (Å²) in [5.41, 5.74) is 0.931. The van der Waals surface area contributed by atoms with E-state index in [2.05, 4.69) is 4.74 Å². The van der Waals surface area contributed by atoms with Gasteiger partial charge >= 0.3 is 5.97 Å². The van der Waals surface area contributed by atoms with Crippen LogP contribution in [0.15, 0.2) is 24.3 Å². The van der Waals surface area contributed by atoms with Crippen molar-refractivity contribution in [2.75, 3.05) is 12.9 Å². The van der Waals surface area contributed by atoms with Gasteiger partial charge in [0.2, 0.25) is 0 Å². The lowest BCUT2D eigenvalue weighted by molar-refractivity contribution is -0.148. The van der Waals surface area contributed by atoms with Gasteiger partial charge in [0.05, 0.1) is 18.1 Å². The smallest absolute Gasteiger partial charge is 0.317 e. The summed E-state index contributed by atoms with van der Waals surface area (Å²) in [5.74, 6) is -0.861. The second-order valence-corrected chi connectivity index (χ2v) is 5.32. The molecule has 90 valence electrons. The van der Waals surface area contributed by atoms with E-state index in [4.69, 9.17) is 11.6 Å². The van der Waals surface area contributed by atoms with Crippen LogP contribution in [-0.2, 0) is 14.3 Å². The third-order valence-electron chi connectivity index (χ3n) is 2.71. The van der Waals surface area contributed by atoms with Crippen molar-refractivity contribution >= 4 is 35.1 Å². The Kier molecular flexibility index (Phi) is 3.74. The number of rotatable bonds is 2. The summed E-state index contributed by atoms with van der Waals surface area (Å²) in [6.45, 7) is 0. The molecule has 1 aliphatic heterocycles. The fourth-order valence-electron chi connectivity index (χ4n) is 1.85. The number of ether oxygens (including phenoxy) is 1. The largest absolute Gasteiger partial charge is 0.468 e. The molecule has 1 aromatic rings. The summed E-state index contributed by atoms with van der Waals surface area (Å²) in [6.07, 6.45) is 0. The molecular formula is C12H11ClO3S. The van der Waals surface area contributed by atoms with Gasteiger partial charge in [-0.3, -0.25) is 9.59 Å². The number of hydrogen-bond acceptors (Lipinski definition) is 4. The van der Waals surface area contributed by atoms with Crippen molar-refractivity contribution in [1.82, 2.24) is 0 Å². The number of halogens is 1. The van der Waals surface area contributed by atoms with Gasteiger partial charge in [-0.2, -0.15) is 0 Å². The molecule has 0 aromatic heterocycles. The lowest BCUT2D eigenvalue weighted by Gasteiger charge is -2.15. The molecular weight excluding hydrogens is 260 g/mol. The highest BCUT2D eigenvalue weighted by Crippen LogP contribution is 2.43. The van der Waals surface area contributed by atoms with E-state index in [0.29, 0.717) is 10.8 Å². The zero-order valence-electron chi connectivity index (χ0n) is 9.18. The minimum atomic E-state index is -0.689. The molecule has 1 aliphatic rings. The zero-order chi connectivity index (χ0) is 12.4. The Bertz CT molecular complexity index is 444. The van der Waals surface area contributed by atoms with Crippen molar-refractivity contribution in [2.24, 2.45) is 5.92 Å². The van der Waals surface area contributed by atoms with Crippen LogP contribution in [0, 0.1) is 5.92 Å². The predicted molar refractivity (Wildman–Crippen MR) is 67.2 cm³/mol. The normalized spacial score (nSPS) is 23.8. The van der Waals surface area contributed by atoms with Gasteiger partial charge in [0, 0.05) is 5.02 Å². The number of ketones is 1. The summed E-state index contributed by atoms with van der Waals surface area (Å²) >= 11 is 7.28. The Morgan fingerprint density at radius 1 is 1.41 bits per heavy atom. The summed E-state index contributed by atoms with van der Waals surface area (Å²) in [7, 11) is 1.30. The number of benzene rings is 1. The highest BCUT2D eigenvalue weighted by molar-refractivity contribution is 8.00. The number of Topliss-reactive ketones (excluding diaryl/α,β-unsaturated/α-hetero) is 1. The monoisotopic (exact) mass is 270 g/mol. The lowest BCUT2D eigenvalue weighted by Crippen LogP contribution is -2.25. The minimum absolute atomic E-state index is 0.0678. The average molecular weight is 271 g/mol. The number of hydrogen-bond donors (Lipinski definition) is 0. The van der Waals surface area contributed by atoms with Crippen LogP contribution in [0.4, 0.5) is 0 Å². The van der Waals surface area contributed by atoms with Crippen LogP contribution in [0.5, 0.6) is 0 Å². The van der Waals surface area contributed by atoms with Crippen molar-refractivity contribution in [3.05, 3.63) is 34.9 Å². The molecule has 2 rings (SSSR count). The number of carbonyl (C=O) groups is 2. The standard InChI is InChI=1S/C12H11ClO3S/c1-16-12(15)10-9(14)6-17-11(10)7-2-4-8(13)5-3-7/h2-5,10-11H,6H2,1H3. The second-order valence-electron chi connectivity index (χ2n) is 3.75. The van der Waals surface area contributed by atoms with E-state index < -0.39 is 11.9 Å². The molecule has 5 heteroatoms. The van der Waals surface area contributed by atoms with Gasteiger partial charge in [0.1, 0.15) is 5.92 Å². The number of methoxy groups -OCH3 is 1. The Hall–Kier alpha value is -1.00. The van der Waals surface area contributed by atoms with E-state index >= 15 is 0 Å². The Balaban J connectivity index is 2.28. The SMILES string of the molecule is COC(=O)C1C(=O)CSC1c1ccc(Cl)cc1. The van der Waals surface area contributed by atoms with Crippen LogP contribution >= 0.6 is 23.4 Å². The predicted octanol–water partition coefficient (Wildman–Crippen LogP) is 2.49. The van der Waals surface area contributed by atoms with E-state index in [9.17, 15) is 9.59 Å². The van der Waals surface area contributed by atoms with E-state index in [-0.39, 0.29) is 11.0 Å². The third-order valence-corrected chi connectivity index (χ3v) is 4.32. The molecule has 0 N–H and O–H groups in total. The summed E-state index contributed by atoms with van der Waals surface area (Å²) < 4.78 is 4.68. The molecule has 17 heavy (non-hydrogen) atoms. The first kappa shape index (κ1) is 12.5. The van der Waals surface area contributed by atoms with Crippen molar-refractivity contribution < 1.29 is 14.3 Å². The topological polar surface area (TPSA) is 43.4 Å². The first-order valence-electron chi connectivity index (χ1n) is 5.11. The highest BCUT2D eigenvalue weighted by Gasteiger charge is 2.42. The van der Waals surface area contributed by atoms with Gasteiger partial charge < -0.3 is 4.74 Å². The molecule has 1 aromatic carbocycles. The van der Waals surface area contributed by atoms with Gasteiger partial charge in [0.25, 0.3) is 0 Å². The molecule has 2 unspecified atom stereocenters. The van der Waals surface area contributed by atoms with Crippen LogP contribution in [0.3, 0.4) is 0 Å². The quantitative estimate of drug-likeness (QED) is 0.612. The number of carbonyl (C=O) groups excluding carboxylic acids is 2. The Labute approximate surface area is 108 Å². The molecule has 0 saturated carbocycles. The third kappa shape index (κ3) is 2.48. The molecule has 3 nitrogen and oxygen atoms in total. The zero-order valence-corrected chi connectivity index (χ0v) is 10.8. The van der Waals surface area contributed by atoms with Crippen molar-refractivity contribution in [3.8, 4) is 0 Å². The second kappa shape index (κ2) is 5.10. The number of thioether (sulfide) groups is 1. The molecule has 2 atom stereocenters. The molecule has 0 spiro atoms. The van der Waals surface area contributed by atoms with Crippen LogP contribution in [0.1, 0.15) is 10.8 Å². The van der Waals surface area contributed by atoms with Crippen LogP contribution in [-0.4, -0.2) is 24.6 Å². The molecule has 0 amide bonds.